The smallest absolute Gasteiger partial charge is 0.252 e. The fourth-order valence-corrected chi connectivity index (χ4v) is 2.22. The van der Waals surface area contributed by atoms with Crippen LogP contribution in [0.2, 0.25) is 0 Å². The largest absolute Gasteiger partial charge is 0.291 e. The number of aryl methyl sites for hydroxylation is 1. The molecule has 1 heterocycles. The molecule has 0 unspecified atom stereocenters. The standard InChI is InChI=1S/C16H19N3OS/c1-13-3-5-14(6-4-13)7-8-16(20)19(11-12-21-2)15-9-10-17-18-15/h3-10H,11-12H2,1-2H3,(H,17,18). The highest BCUT2D eigenvalue weighted by Gasteiger charge is 2.14. The van der Waals surface area contributed by atoms with E-state index in [9.17, 15) is 4.79 Å². The lowest BCUT2D eigenvalue weighted by atomic mass is 10.1. The van der Waals surface area contributed by atoms with E-state index in [4.69, 9.17) is 0 Å². The van der Waals surface area contributed by atoms with E-state index < -0.39 is 0 Å². The number of H-pyrrole nitrogens is 1. The second-order valence-electron chi connectivity index (χ2n) is 4.66. The Bertz CT molecular complexity index is 590. The highest BCUT2D eigenvalue weighted by Crippen LogP contribution is 2.12. The van der Waals surface area contributed by atoms with Gasteiger partial charge in [0.25, 0.3) is 5.91 Å². The predicted octanol–water partition coefficient (Wildman–Crippen LogP) is 3.13. The first kappa shape index (κ1) is 15.4. The van der Waals surface area contributed by atoms with Gasteiger partial charge in [-0.25, -0.2) is 0 Å². The Balaban J connectivity index is 2.09. The molecule has 1 N–H and O–H groups in total. The summed E-state index contributed by atoms with van der Waals surface area (Å²) in [6.45, 7) is 2.68. The molecule has 0 aliphatic carbocycles. The van der Waals surface area contributed by atoms with Gasteiger partial charge >= 0.3 is 0 Å². The molecule has 0 radical (unpaired) electrons. The fourth-order valence-electron chi connectivity index (χ4n) is 1.86. The van der Waals surface area contributed by atoms with Gasteiger partial charge in [-0.1, -0.05) is 29.8 Å². The van der Waals surface area contributed by atoms with Gasteiger partial charge in [-0.05, 0) is 24.8 Å². The third-order valence-corrected chi connectivity index (χ3v) is 3.63. The van der Waals surface area contributed by atoms with Crippen LogP contribution in [0.25, 0.3) is 6.08 Å². The minimum Gasteiger partial charge on any atom is -0.291 e. The summed E-state index contributed by atoms with van der Waals surface area (Å²) in [5.41, 5.74) is 2.22. The zero-order valence-electron chi connectivity index (χ0n) is 12.2. The molecule has 2 aromatic rings. The van der Waals surface area contributed by atoms with Crippen LogP contribution in [0.15, 0.2) is 42.6 Å². The topological polar surface area (TPSA) is 49.0 Å². The number of hydrogen-bond acceptors (Lipinski definition) is 3. The maximum atomic E-state index is 12.4. The molecule has 1 aromatic heterocycles. The molecule has 0 aliphatic heterocycles. The molecule has 5 heteroatoms. The van der Waals surface area contributed by atoms with E-state index in [1.54, 1.807) is 35.0 Å². The van der Waals surface area contributed by atoms with E-state index in [-0.39, 0.29) is 5.91 Å². The minimum atomic E-state index is -0.0586. The van der Waals surface area contributed by atoms with Crippen molar-refractivity contribution in [3.05, 3.63) is 53.7 Å². The van der Waals surface area contributed by atoms with Crippen molar-refractivity contribution < 1.29 is 4.79 Å². The maximum Gasteiger partial charge on any atom is 0.252 e. The highest BCUT2D eigenvalue weighted by molar-refractivity contribution is 7.98. The van der Waals surface area contributed by atoms with Crippen molar-refractivity contribution in [3.8, 4) is 0 Å². The van der Waals surface area contributed by atoms with Gasteiger partial charge in [0.15, 0.2) is 5.82 Å². The van der Waals surface area contributed by atoms with Crippen molar-refractivity contribution in [2.75, 3.05) is 23.5 Å². The summed E-state index contributed by atoms with van der Waals surface area (Å²) < 4.78 is 0. The number of anilines is 1. The molecule has 21 heavy (non-hydrogen) atoms. The number of nitrogens with zero attached hydrogens (tertiary/aromatic N) is 2. The van der Waals surface area contributed by atoms with E-state index in [2.05, 4.69) is 10.2 Å². The molecule has 1 amide bonds. The number of rotatable bonds is 6. The van der Waals surface area contributed by atoms with Gasteiger partial charge in [-0.3, -0.25) is 14.8 Å². The molecule has 0 spiro atoms. The minimum absolute atomic E-state index is 0.0586. The van der Waals surface area contributed by atoms with Crippen LogP contribution in [0.4, 0.5) is 5.82 Å². The first-order valence-electron chi connectivity index (χ1n) is 6.75. The summed E-state index contributed by atoms with van der Waals surface area (Å²) >= 11 is 1.70. The Kier molecular flexibility index (Phi) is 5.63. The van der Waals surface area contributed by atoms with Crippen molar-refractivity contribution in [3.63, 3.8) is 0 Å². The zero-order valence-corrected chi connectivity index (χ0v) is 13.1. The number of hydrogen-bond donors (Lipinski definition) is 1. The summed E-state index contributed by atoms with van der Waals surface area (Å²) in [6.07, 6.45) is 7.17. The SMILES string of the molecule is CSCCN(C(=O)C=Cc1ccc(C)cc1)c1cc[nH]n1. The summed E-state index contributed by atoms with van der Waals surface area (Å²) in [5.74, 6) is 1.47. The molecular formula is C16H19N3OS. The maximum absolute atomic E-state index is 12.4. The van der Waals surface area contributed by atoms with Gasteiger partial charge in [0.2, 0.25) is 0 Å². The number of carbonyl (C=O) groups excluding carboxylic acids is 1. The quantitative estimate of drug-likeness (QED) is 0.834. The molecule has 0 bridgehead atoms. The number of aromatic amines is 1. The Morgan fingerprint density at radius 1 is 1.33 bits per heavy atom. The Morgan fingerprint density at radius 3 is 2.71 bits per heavy atom. The Hall–Kier alpha value is -2.01. The zero-order chi connectivity index (χ0) is 15.1. The van der Waals surface area contributed by atoms with Crippen LogP contribution in [0.1, 0.15) is 11.1 Å². The molecule has 0 atom stereocenters. The number of carbonyl (C=O) groups is 1. The van der Waals surface area contributed by atoms with Gasteiger partial charge in [0, 0.05) is 30.6 Å². The fraction of sp³-hybridized carbons (Fsp3) is 0.250. The van der Waals surface area contributed by atoms with Crippen LogP contribution in [-0.2, 0) is 4.79 Å². The second-order valence-corrected chi connectivity index (χ2v) is 5.64. The Labute approximate surface area is 129 Å². The molecule has 110 valence electrons. The van der Waals surface area contributed by atoms with E-state index in [0.29, 0.717) is 12.4 Å². The first-order valence-corrected chi connectivity index (χ1v) is 8.15. The van der Waals surface area contributed by atoms with E-state index >= 15 is 0 Å². The summed E-state index contributed by atoms with van der Waals surface area (Å²) in [4.78, 5) is 14.0. The van der Waals surface area contributed by atoms with Crippen LogP contribution in [-0.4, -0.2) is 34.7 Å². The average Bonchev–Trinajstić information content (AvgIpc) is 3.01. The van der Waals surface area contributed by atoms with Crippen LogP contribution < -0.4 is 4.90 Å². The van der Waals surface area contributed by atoms with Crippen LogP contribution in [0.5, 0.6) is 0 Å². The van der Waals surface area contributed by atoms with Gasteiger partial charge in [-0.2, -0.15) is 16.9 Å². The van der Waals surface area contributed by atoms with Crippen LogP contribution in [0.3, 0.4) is 0 Å². The van der Waals surface area contributed by atoms with E-state index in [0.717, 1.165) is 11.3 Å². The normalized spacial score (nSPS) is 11.0. The van der Waals surface area contributed by atoms with Crippen molar-refractivity contribution >= 4 is 29.6 Å². The predicted molar refractivity (Wildman–Crippen MR) is 89.5 cm³/mol. The molecule has 0 aliphatic rings. The van der Waals surface area contributed by atoms with Gasteiger partial charge in [-0.15, -0.1) is 0 Å². The number of amides is 1. The Morgan fingerprint density at radius 2 is 2.10 bits per heavy atom. The van der Waals surface area contributed by atoms with Crippen LogP contribution in [0, 0.1) is 6.92 Å². The van der Waals surface area contributed by atoms with Crippen molar-refractivity contribution in [2.45, 2.75) is 6.92 Å². The molecule has 0 saturated carbocycles. The number of benzene rings is 1. The molecule has 1 aromatic carbocycles. The van der Waals surface area contributed by atoms with Crippen molar-refractivity contribution in [1.29, 1.82) is 0 Å². The van der Waals surface area contributed by atoms with E-state index in [1.165, 1.54) is 5.56 Å². The summed E-state index contributed by atoms with van der Waals surface area (Å²) in [7, 11) is 0. The molecule has 4 nitrogen and oxygen atoms in total. The van der Waals surface area contributed by atoms with Crippen molar-refractivity contribution in [2.24, 2.45) is 0 Å². The van der Waals surface area contributed by atoms with Gasteiger partial charge in [0.1, 0.15) is 0 Å². The number of nitrogens with one attached hydrogen (secondary N) is 1. The second kappa shape index (κ2) is 7.69. The highest BCUT2D eigenvalue weighted by atomic mass is 32.2. The number of aromatic nitrogens is 2. The van der Waals surface area contributed by atoms with Gasteiger partial charge < -0.3 is 0 Å². The molecule has 2 rings (SSSR count). The molecular weight excluding hydrogens is 282 g/mol. The summed E-state index contributed by atoms with van der Waals surface area (Å²) in [5, 5.41) is 6.84. The molecule has 0 saturated heterocycles. The third-order valence-electron chi connectivity index (χ3n) is 3.04. The van der Waals surface area contributed by atoms with Crippen molar-refractivity contribution in [1.82, 2.24) is 10.2 Å². The lowest BCUT2D eigenvalue weighted by molar-refractivity contribution is -0.114. The van der Waals surface area contributed by atoms with E-state index in [1.807, 2.05) is 43.5 Å². The van der Waals surface area contributed by atoms with Gasteiger partial charge in [0.05, 0.1) is 0 Å². The van der Waals surface area contributed by atoms with Crippen LogP contribution >= 0.6 is 11.8 Å². The lowest BCUT2D eigenvalue weighted by Gasteiger charge is -2.17. The average molecular weight is 301 g/mol. The first-order chi connectivity index (χ1) is 10.2. The molecule has 0 fully saturated rings. The summed E-state index contributed by atoms with van der Waals surface area (Å²) in [6, 6.07) is 9.87. The number of thioether (sulfide) groups is 1. The lowest BCUT2D eigenvalue weighted by Crippen LogP contribution is -2.31. The third kappa shape index (κ3) is 4.49. The monoisotopic (exact) mass is 301 g/mol.